The van der Waals surface area contributed by atoms with Gasteiger partial charge in [0.1, 0.15) is 4.90 Å². The highest BCUT2D eigenvalue weighted by molar-refractivity contribution is 7.92. The highest BCUT2D eigenvalue weighted by atomic mass is 32.2. The smallest absolute Gasteiger partial charge is 0.264 e. The van der Waals surface area contributed by atoms with Gasteiger partial charge in [0.15, 0.2) is 0 Å². The standard InChI is InChI=1S/C14H16N2O2S/c1-12(2)16(13-7-4-3-5-8-13)19(17,18)14-9-6-10-15-11-14/h3-12H,1-2H3. The molecule has 0 aliphatic carbocycles. The quantitative estimate of drug-likeness (QED) is 0.862. The molecule has 2 aromatic rings. The Kier molecular flexibility index (Phi) is 3.85. The van der Waals surface area contributed by atoms with Crippen LogP contribution in [0.25, 0.3) is 0 Å². The lowest BCUT2D eigenvalue weighted by molar-refractivity contribution is 0.584. The number of hydrogen-bond donors (Lipinski definition) is 0. The second-order valence-corrected chi connectivity index (χ2v) is 6.23. The van der Waals surface area contributed by atoms with Crippen LogP contribution >= 0.6 is 0 Å². The fraction of sp³-hybridized carbons (Fsp3) is 0.214. The number of hydrogen-bond acceptors (Lipinski definition) is 3. The molecule has 0 aliphatic heterocycles. The molecule has 0 saturated heterocycles. The summed E-state index contributed by atoms with van der Waals surface area (Å²) in [5, 5.41) is 0. The molecular formula is C14H16N2O2S. The molecule has 0 amide bonds. The number of aromatic nitrogens is 1. The van der Waals surface area contributed by atoms with Gasteiger partial charge >= 0.3 is 0 Å². The van der Waals surface area contributed by atoms with Crippen molar-refractivity contribution < 1.29 is 8.42 Å². The molecule has 19 heavy (non-hydrogen) atoms. The molecule has 0 spiro atoms. The van der Waals surface area contributed by atoms with Crippen LogP contribution in [0.2, 0.25) is 0 Å². The second-order valence-electron chi connectivity index (χ2n) is 4.42. The lowest BCUT2D eigenvalue weighted by Crippen LogP contribution is -2.37. The van der Waals surface area contributed by atoms with Gasteiger partial charge in [-0.3, -0.25) is 9.29 Å². The first kappa shape index (κ1) is 13.5. The molecular weight excluding hydrogens is 260 g/mol. The average molecular weight is 276 g/mol. The molecule has 0 fully saturated rings. The van der Waals surface area contributed by atoms with Crippen molar-refractivity contribution in [2.75, 3.05) is 4.31 Å². The fourth-order valence-corrected chi connectivity index (χ4v) is 3.53. The van der Waals surface area contributed by atoms with E-state index in [1.54, 1.807) is 30.5 Å². The largest absolute Gasteiger partial charge is 0.266 e. The van der Waals surface area contributed by atoms with Crippen molar-refractivity contribution in [2.45, 2.75) is 24.8 Å². The van der Waals surface area contributed by atoms with Gasteiger partial charge in [-0.05, 0) is 38.1 Å². The highest BCUT2D eigenvalue weighted by Crippen LogP contribution is 2.25. The molecule has 100 valence electrons. The molecule has 0 saturated carbocycles. The van der Waals surface area contributed by atoms with Gasteiger partial charge in [0, 0.05) is 18.4 Å². The van der Waals surface area contributed by atoms with E-state index in [1.807, 2.05) is 32.0 Å². The maximum atomic E-state index is 12.7. The Morgan fingerprint density at radius 1 is 1.05 bits per heavy atom. The first-order chi connectivity index (χ1) is 9.03. The number of anilines is 1. The van der Waals surface area contributed by atoms with E-state index < -0.39 is 10.0 Å². The monoisotopic (exact) mass is 276 g/mol. The molecule has 0 atom stereocenters. The number of benzene rings is 1. The van der Waals surface area contributed by atoms with Crippen LogP contribution < -0.4 is 4.31 Å². The molecule has 0 aliphatic rings. The minimum absolute atomic E-state index is 0.174. The zero-order chi connectivity index (χ0) is 13.9. The maximum Gasteiger partial charge on any atom is 0.266 e. The number of pyridine rings is 1. The van der Waals surface area contributed by atoms with Crippen molar-refractivity contribution >= 4 is 15.7 Å². The van der Waals surface area contributed by atoms with Crippen molar-refractivity contribution in [3.8, 4) is 0 Å². The Bertz CT molecular complexity index is 625. The second kappa shape index (κ2) is 5.40. The maximum absolute atomic E-state index is 12.7. The van der Waals surface area contributed by atoms with Crippen molar-refractivity contribution in [1.29, 1.82) is 0 Å². The van der Waals surface area contributed by atoms with Crippen LogP contribution in [-0.2, 0) is 10.0 Å². The van der Waals surface area contributed by atoms with Gasteiger partial charge in [0.25, 0.3) is 10.0 Å². The summed E-state index contributed by atoms with van der Waals surface area (Å²) in [6.07, 6.45) is 2.93. The molecule has 2 rings (SSSR count). The summed E-state index contributed by atoms with van der Waals surface area (Å²) in [6, 6.07) is 12.1. The van der Waals surface area contributed by atoms with Gasteiger partial charge in [-0.25, -0.2) is 8.42 Å². The van der Waals surface area contributed by atoms with Crippen LogP contribution in [0.3, 0.4) is 0 Å². The Balaban J connectivity index is 2.52. The molecule has 0 N–H and O–H groups in total. The van der Waals surface area contributed by atoms with Crippen LogP contribution in [0.5, 0.6) is 0 Å². The molecule has 1 heterocycles. The summed E-state index contributed by atoms with van der Waals surface area (Å²) in [5.41, 5.74) is 0.654. The van der Waals surface area contributed by atoms with Gasteiger partial charge in [-0.2, -0.15) is 0 Å². The topological polar surface area (TPSA) is 50.3 Å². The summed E-state index contributed by atoms with van der Waals surface area (Å²) in [5.74, 6) is 0. The molecule has 1 aromatic carbocycles. The Morgan fingerprint density at radius 2 is 1.74 bits per heavy atom. The zero-order valence-corrected chi connectivity index (χ0v) is 11.7. The molecule has 0 bridgehead atoms. The third kappa shape index (κ3) is 2.76. The van der Waals surface area contributed by atoms with Gasteiger partial charge < -0.3 is 0 Å². The minimum atomic E-state index is -3.58. The van der Waals surface area contributed by atoms with E-state index in [4.69, 9.17) is 0 Å². The summed E-state index contributed by atoms with van der Waals surface area (Å²) in [4.78, 5) is 4.08. The normalized spacial score (nSPS) is 11.5. The molecule has 1 aromatic heterocycles. The highest BCUT2D eigenvalue weighted by Gasteiger charge is 2.27. The first-order valence-electron chi connectivity index (χ1n) is 6.03. The molecule has 0 unspecified atom stereocenters. The van der Waals surface area contributed by atoms with Crippen molar-refractivity contribution in [3.05, 3.63) is 54.9 Å². The van der Waals surface area contributed by atoms with Gasteiger partial charge in [0.2, 0.25) is 0 Å². The van der Waals surface area contributed by atoms with Crippen LogP contribution in [0, 0.1) is 0 Å². The van der Waals surface area contributed by atoms with E-state index >= 15 is 0 Å². The molecule has 0 radical (unpaired) electrons. The van der Waals surface area contributed by atoms with Gasteiger partial charge in [0.05, 0.1) is 5.69 Å². The van der Waals surface area contributed by atoms with E-state index in [0.29, 0.717) is 5.69 Å². The molecule has 4 nitrogen and oxygen atoms in total. The zero-order valence-electron chi connectivity index (χ0n) is 10.9. The summed E-state index contributed by atoms with van der Waals surface area (Å²) < 4.78 is 26.7. The fourth-order valence-electron chi connectivity index (χ4n) is 1.90. The van der Waals surface area contributed by atoms with E-state index in [0.717, 1.165) is 0 Å². The summed E-state index contributed by atoms with van der Waals surface area (Å²) >= 11 is 0. The van der Waals surface area contributed by atoms with Gasteiger partial charge in [-0.15, -0.1) is 0 Å². The lowest BCUT2D eigenvalue weighted by atomic mass is 10.3. The van der Waals surface area contributed by atoms with Crippen molar-refractivity contribution in [2.24, 2.45) is 0 Å². The predicted molar refractivity (Wildman–Crippen MR) is 75.5 cm³/mol. The first-order valence-corrected chi connectivity index (χ1v) is 7.47. The van der Waals surface area contributed by atoms with E-state index in [2.05, 4.69) is 4.98 Å². The number of para-hydroxylation sites is 1. The predicted octanol–water partition coefficient (Wildman–Crippen LogP) is 2.69. The van der Waals surface area contributed by atoms with Crippen molar-refractivity contribution in [1.82, 2.24) is 4.98 Å². The number of rotatable bonds is 4. The number of nitrogens with zero attached hydrogens (tertiary/aromatic N) is 2. The van der Waals surface area contributed by atoms with Crippen LogP contribution in [-0.4, -0.2) is 19.4 Å². The van der Waals surface area contributed by atoms with Crippen LogP contribution in [0.15, 0.2) is 59.8 Å². The Morgan fingerprint density at radius 3 is 2.26 bits per heavy atom. The molecule has 5 heteroatoms. The number of sulfonamides is 1. The van der Waals surface area contributed by atoms with Crippen LogP contribution in [0.1, 0.15) is 13.8 Å². The lowest BCUT2D eigenvalue weighted by Gasteiger charge is -2.28. The Labute approximate surface area is 113 Å². The van der Waals surface area contributed by atoms with Crippen molar-refractivity contribution in [3.63, 3.8) is 0 Å². The van der Waals surface area contributed by atoms with Gasteiger partial charge in [-0.1, -0.05) is 18.2 Å². The SMILES string of the molecule is CC(C)N(c1ccccc1)S(=O)(=O)c1cccnc1. The third-order valence-corrected chi connectivity index (χ3v) is 4.66. The van der Waals surface area contributed by atoms with E-state index in [9.17, 15) is 8.42 Å². The van der Waals surface area contributed by atoms with E-state index in [-0.39, 0.29) is 10.9 Å². The minimum Gasteiger partial charge on any atom is -0.264 e. The van der Waals surface area contributed by atoms with E-state index in [1.165, 1.54) is 10.5 Å². The summed E-state index contributed by atoms with van der Waals surface area (Å²) in [7, 11) is -3.58. The average Bonchev–Trinajstić information content (AvgIpc) is 2.40. The summed E-state index contributed by atoms with van der Waals surface area (Å²) in [6.45, 7) is 3.70. The Hall–Kier alpha value is -1.88. The third-order valence-electron chi connectivity index (χ3n) is 2.67. The van der Waals surface area contributed by atoms with Crippen LogP contribution in [0.4, 0.5) is 5.69 Å².